The first-order valence-corrected chi connectivity index (χ1v) is 5.25. The zero-order chi connectivity index (χ0) is 11.1. The van der Waals surface area contributed by atoms with Crippen LogP contribution in [0.15, 0.2) is 34.9 Å². The number of fused-ring (bicyclic) bond motifs is 1. The fourth-order valence-electron chi connectivity index (χ4n) is 1.40. The molecule has 16 heavy (non-hydrogen) atoms. The second-order valence-electron chi connectivity index (χ2n) is 3.19. The average Bonchev–Trinajstić information content (AvgIpc) is 2.83. The Morgan fingerprint density at radius 3 is 2.75 bits per heavy atom. The molecule has 0 spiro atoms. The zero-order valence-corrected chi connectivity index (χ0v) is 9.40. The molecule has 0 atom stereocenters. The van der Waals surface area contributed by atoms with Gasteiger partial charge in [-0.2, -0.15) is 0 Å². The molecule has 6 heteroatoms. The summed E-state index contributed by atoms with van der Waals surface area (Å²) < 4.78 is 6.81. The number of hydrogen-bond donors (Lipinski definition) is 0. The summed E-state index contributed by atoms with van der Waals surface area (Å²) in [6, 6.07) is 6.90. The maximum absolute atomic E-state index is 5.84. The van der Waals surface area contributed by atoms with Crippen molar-refractivity contribution >= 4 is 28.8 Å². The van der Waals surface area contributed by atoms with E-state index in [1.165, 1.54) is 0 Å². The fraction of sp³-hybridized carbons (Fsp3) is 0. The van der Waals surface area contributed by atoms with Crippen LogP contribution in [0.4, 0.5) is 0 Å². The van der Waals surface area contributed by atoms with Crippen LogP contribution in [-0.2, 0) is 0 Å². The second kappa shape index (κ2) is 3.50. The van der Waals surface area contributed by atoms with Gasteiger partial charge in [0.1, 0.15) is 0 Å². The second-order valence-corrected chi connectivity index (χ2v) is 4.00. The molecule has 3 aromatic rings. The third kappa shape index (κ3) is 1.56. The van der Waals surface area contributed by atoms with Gasteiger partial charge in [-0.05, 0) is 35.9 Å². The van der Waals surface area contributed by atoms with Crippen molar-refractivity contribution in [2.75, 3.05) is 0 Å². The van der Waals surface area contributed by atoms with Gasteiger partial charge in [0.2, 0.25) is 5.82 Å². The highest BCUT2D eigenvalue weighted by atomic mass is 35.5. The molecule has 3 heterocycles. The number of halogens is 2. The van der Waals surface area contributed by atoms with Gasteiger partial charge in [0, 0.05) is 6.20 Å². The van der Waals surface area contributed by atoms with Crippen LogP contribution in [0.2, 0.25) is 10.2 Å². The van der Waals surface area contributed by atoms with Crippen LogP contribution in [0.3, 0.4) is 0 Å². The number of nitrogens with zero attached hydrogens (tertiary/aromatic N) is 3. The molecule has 0 radical (unpaired) electrons. The summed E-state index contributed by atoms with van der Waals surface area (Å²) >= 11 is 11.5. The van der Waals surface area contributed by atoms with Gasteiger partial charge in [0.15, 0.2) is 16.6 Å². The Hall–Kier alpha value is -1.52. The lowest BCUT2D eigenvalue weighted by Crippen LogP contribution is -1.85. The third-order valence-electron chi connectivity index (χ3n) is 2.09. The lowest BCUT2D eigenvalue weighted by Gasteiger charge is -1.89. The first kappa shape index (κ1) is 9.69. The van der Waals surface area contributed by atoms with Crippen LogP contribution in [0.25, 0.3) is 17.2 Å². The molecular formula is C10H5Cl2N3O. The fourth-order valence-corrected chi connectivity index (χ4v) is 1.70. The van der Waals surface area contributed by atoms with Gasteiger partial charge in [0.25, 0.3) is 0 Å². The molecule has 0 bridgehead atoms. The van der Waals surface area contributed by atoms with E-state index in [4.69, 9.17) is 27.6 Å². The molecule has 0 aromatic carbocycles. The molecule has 0 aliphatic heterocycles. The van der Waals surface area contributed by atoms with Crippen molar-refractivity contribution in [2.45, 2.75) is 0 Å². The van der Waals surface area contributed by atoms with E-state index >= 15 is 0 Å². The first-order chi connectivity index (χ1) is 7.72. The predicted molar refractivity (Wildman–Crippen MR) is 60.7 cm³/mol. The Morgan fingerprint density at radius 1 is 1.12 bits per heavy atom. The Bertz CT molecular complexity index is 659. The van der Waals surface area contributed by atoms with E-state index in [1.54, 1.807) is 35.0 Å². The summed E-state index contributed by atoms with van der Waals surface area (Å²) in [4.78, 5) is 4.28. The van der Waals surface area contributed by atoms with Gasteiger partial charge in [-0.15, -0.1) is 5.10 Å². The Morgan fingerprint density at radius 2 is 2.00 bits per heavy atom. The molecule has 3 aromatic heterocycles. The van der Waals surface area contributed by atoms with E-state index in [0.29, 0.717) is 27.5 Å². The van der Waals surface area contributed by atoms with Crippen molar-refractivity contribution in [1.82, 2.24) is 14.6 Å². The number of aromatic nitrogens is 3. The van der Waals surface area contributed by atoms with Crippen molar-refractivity contribution in [3.8, 4) is 11.6 Å². The predicted octanol–water partition coefficient (Wildman–Crippen LogP) is 3.30. The minimum Gasteiger partial charge on any atom is -0.441 e. The summed E-state index contributed by atoms with van der Waals surface area (Å²) in [7, 11) is 0. The molecule has 3 rings (SSSR count). The van der Waals surface area contributed by atoms with E-state index in [1.807, 2.05) is 0 Å². The normalized spacial score (nSPS) is 11.1. The Labute approximate surface area is 100 Å². The molecule has 0 fully saturated rings. The van der Waals surface area contributed by atoms with Crippen molar-refractivity contribution in [1.29, 1.82) is 0 Å². The molecule has 0 saturated heterocycles. The molecule has 4 nitrogen and oxygen atoms in total. The third-order valence-corrected chi connectivity index (χ3v) is 2.52. The van der Waals surface area contributed by atoms with Crippen molar-refractivity contribution in [3.63, 3.8) is 0 Å². The topological polar surface area (TPSA) is 43.3 Å². The van der Waals surface area contributed by atoms with Crippen LogP contribution >= 0.6 is 23.2 Å². The lowest BCUT2D eigenvalue weighted by atomic mass is 10.4. The highest BCUT2D eigenvalue weighted by Crippen LogP contribution is 2.22. The van der Waals surface area contributed by atoms with E-state index < -0.39 is 0 Å². The molecule has 0 unspecified atom stereocenters. The van der Waals surface area contributed by atoms with Gasteiger partial charge in [0.05, 0.1) is 5.02 Å². The maximum Gasteiger partial charge on any atom is 0.217 e. The smallest absolute Gasteiger partial charge is 0.217 e. The average molecular weight is 254 g/mol. The molecule has 0 N–H and O–H groups in total. The van der Waals surface area contributed by atoms with Crippen molar-refractivity contribution in [3.05, 3.63) is 40.7 Å². The number of hydrogen-bond acceptors (Lipinski definition) is 3. The largest absolute Gasteiger partial charge is 0.441 e. The lowest BCUT2D eigenvalue weighted by molar-refractivity contribution is 0.579. The number of furan rings is 1. The van der Waals surface area contributed by atoms with E-state index in [-0.39, 0.29) is 0 Å². The summed E-state index contributed by atoms with van der Waals surface area (Å²) in [6.45, 7) is 0. The van der Waals surface area contributed by atoms with E-state index in [9.17, 15) is 0 Å². The van der Waals surface area contributed by atoms with Gasteiger partial charge < -0.3 is 4.42 Å². The van der Waals surface area contributed by atoms with Crippen molar-refractivity contribution in [2.24, 2.45) is 0 Å². The van der Waals surface area contributed by atoms with Gasteiger partial charge in [-0.25, -0.2) is 9.50 Å². The van der Waals surface area contributed by atoms with Crippen LogP contribution in [0.5, 0.6) is 0 Å². The van der Waals surface area contributed by atoms with Gasteiger partial charge in [-0.3, -0.25) is 0 Å². The van der Waals surface area contributed by atoms with Crippen LogP contribution < -0.4 is 0 Å². The summed E-state index contributed by atoms with van der Waals surface area (Å²) in [6.07, 6.45) is 1.68. The van der Waals surface area contributed by atoms with Gasteiger partial charge in [-0.1, -0.05) is 11.6 Å². The molecule has 0 saturated carbocycles. The quantitative estimate of drug-likeness (QED) is 0.669. The molecule has 80 valence electrons. The van der Waals surface area contributed by atoms with Crippen LogP contribution in [-0.4, -0.2) is 14.6 Å². The highest BCUT2D eigenvalue weighted by molar-refractivity contribution is 6.30. The molecule has 0 amide bonds. The van der Waals surface area contributed by atoms with Crippen molar-refractivity contribution < 1.29 is 4.42 Å². The summed E-state index contributed by atoms with van der Waals surface area (Å²) in [5, 5.41) is 5.14. The minimum atomic E-state index is 0.312. The molecule has 0 aliphatic rings. The van der Waals surface area contributed by atoms with E-state index in [0.717, 1.165) is 0 Å². The minimum absolute atomic E-state index is 0.312. The Balaban J connectivity index is 2.18. The monoisotopic (exact) mass is 253 g/mol. The van der Waals surface area contributed by atoms with Gasteiger partial charge >= 0.3 is 0 Å². The standard InChI is InChI=1S/C10H5Cl2N3O/c11-6-1-4-9-13-10(14-15(9)5-6)7-2-3-8(12)16-7/h1-5H. The number of pyridine rings is 1. The zero-order valence-electron chi connectivity index (χ0n) is 7.89. The van der Waals surface area contributed by atoms with Crippen LogP contribution in [0.1, 0.15) is 0 Å². The number of rotatable bonds is 1. The summed E-state index contributed by atoms with van der Waals surface area (Å²) in [5.41, 5.74) is 0.701. The highest BCUT2D eigenvalue weighted by Gasteiger charge is 2.10. The maximum atomic E-state index is 5.84. The van der Waals surface area contributed by atoms with Crippen LogP contribution in [0, 0.1) is 0 Å². The molecular weight excluding hydrogens is 249 g/mol. The summed E-state index contributed by atoms with van der Waals surface area (Å²) in [5.74, 6) is 1.01. The van der Waals surface area contributed by atoms with E-state index in [2.05, 4.69) is 10.1 Å². The molecule has 0 aliphatic carbocycles. The Kier molecular flexibility index (Phi) is 2.12. The first-order valence-electron chi connectivity index (χ1n) is 4.50. The SMILES string of the molecule is Clc1ccc2nc(-c3ccc(Cl)o3)nn2c1.